The number of amides is 5. The van der Waals surface area contributed by atoms with Crippen LogP contribution in [-0.4, -0.2) is 153 Å². The van der Waals surface area contributed by atoms with Gasteiger partial charge < -0.3 is 29.7 Å². The number of aromatic amines is 1. The van der Waals surface area contributed by atoms with Crippen molar-refractivity contribution in [2.45, 2.75) is 147 Å². The third kappa shape index (κ3) is 11.6. The van der Waals surface area contributed by atoms with Crippen molar-refractivity contribution in [1.29, 1.82) is 0 Å². The number of carbonyl (C=O) groups is 5. The lowest BCUT2D eigenvalue weighted by Crippen LogP contribution is -2.58. The second-order valence-corrected chi connectivity index (χ2v) is 23.4. The first-order valence-electron chi connectivity index (χ1n) is 28.0. The molecule has 2 bridgehead atoms. The summed E-state index contributed by atoms with van der Waals surface area (Å²) in [5.74, 6) is -2.49. The Morgan fingerprint density at radius 2 is 1.43 bits per heavy atom. The Balaban J connectivity index is 0.690. The Kier molecular flexibility index (Phi) is 16.0. The van der Waals surface area contributed by atoms with Crippen molar-refractivity contribution in [3.8, 4) is 0 Å². The van der Waals surface area contributed by atoms with E-state index in [2.05, 4.69) is 20.4 Å². The van der Waals surface area contributed by atoms with Crippen LogP contribution < -0.4 is 10.9 Å². The highest BCUT2D eigenvalue weighted by Crippen LogP contribution is 2.40. The number of piperidine rings is 3. The molecule has 406 valence electrons. The molecule has 1 aliphatic carbocycles. The highest BCUT2D eigenvalue weighted by Gasteiger charge is 2.48. The van der Waals surface area contributed by atoms with Gasteiger partial charge in [-0.1, -0.05) is 76.4 Å². The lowest BCUT2D eigenvalue weighted by Gasteiger charge is -2.43. The minimum Gasteiger partial charge on any atom is -0.375 e. The third-order valence-corrected chi connectivity index (χ3v) is 17.3. The van der Waals surface area contributed by atoms with Crippen LogP contribution in [0.4, 0.5) is 8.78 Å². The molecule has 6 heterocycles. The van der Waals surface area contributed by atoms with Crippen LogP contribution in [0.2, 0.25) is 0 Å². The van der Waals surface area contributed by atoms with Crippen LogP contribution in [0.3, 0.4) is 0 Å². The highest BCUT2D eigenvalue weighted by atomic mass is 19.1. The molecule has 2 N–H and O–H groups in total. The third-order valence-electron chi connectivity index (χ3n) is 17.3. The normalized spacial score (nSPS) is 23.4. The number of rotatable bonds is 12. The number of H-pyrrole nitrogens is 1. The van der Waals surface area contributed by atoms with Gasteiger partial charge in [0.05, 0.1) is 41.0 Å². The van der Waals surface area contributed by atoms with Gasteiger partial charge >= 0.3 is 0 Å². The van der Waals surface area contributed by atoms with Crippen LogP contribution in [0.5, 0.6) is 0 Å². The molecule has 0 radical (unpaired) electrons. The van der Waals surface area contributed by atoms with Gasteiger partial charge in [-0.2, -0.15) is 5.10 Å². The lowest BCUT2D eigenvalue weighted by molar-refractivity contribution is -0.145. The van der Waals surface area contributed by atoms with Crippen LogP contribution in [0.25, 0.3) is 10.8 Å². The first-order valence-corrected chi connectivity index (χ1v) is 28.0. The molecule has 1 aromatic heterocycles. The molecule has 4 atom stereocenters. The lowest BCUT2D eigenvalue weighted by atomic mass is 9.82. The zero-order valence-electron chi connectivity index (χ0n) is 44.4. The summed E-state index contributed by atoms with van der Waals surface area (Å²) >= 11 is 0. The van der Waals surface area contributed by atoms with E-state index in [0.717, 1.165) is 83.5 Å². The zero-order valence-corrected chi connectivity index (χ0v) is 44.4. The number of piperazine rings is 1. The maximum absolute atomic E-state index is 16.5. The van der Waals surface area contributed by atoms with E-state index >= 15 is 8.78 Å². The zero-order chi connectivity index (χ0) is 53.3. The molecule has 15 nitrogen and oxygen atoms in total. The summed E-state index contributed by atoms with van der Waals surface area (Å²) < 4.78 is 38.4. The van der Waals surface area contributed by atoms with Gasteiger partial charge in [-0.05, 0) is 106 Å². The summed E-state index contributed by atoms with van der Waals surface area (Å²) in [4.78, 5) is 91.0. The Morgan fingerprint density at radius 3 is 2.14 bits per heavy atom. The summed E-state index contributed by atoms with van der Waals surface area (Å²) in [5, 5.41) is 11.1. The molecule has 3 aromatic carbocycles. The van der Waals surface area contributed by atoms with Crippen molar-refractivity contribution in [3.05, 3.63) is 111 Å². The number of hydrogen-bond donors (Lipinski definition) is 2. The first-order chi connectivity index (χ1) is 36.6. The molecule has 17 heteroatoms. The SMILES string of the molecule is CC(C)(C)C(=O)N1CCC[C@@H](c2cccc(C(=O)N[C@@H](C(=O)N3C4CCC3CC(OC3CCN(CC(=O)N5CCN(C(=O)c6cc(Cc7n[nH]c(=O)c8ccccc78)ccc6F)CC5)CC3)C4)C3CCCCC3)c2F)C1. The summed E-state index contributed by atoms with van der Waals surface area (Å²) in [6.07, 6.45) is 11.3. The summed E-state index contributed by atoms with van der Waals surface area (Å²) in [6, 6.07) is 15.8. The Bertz CT molecular complexity index is 2850. The molecule has 5 aliphatic heterocycles. The van der Waals surface area contributed by atoms with E-state index in [4.69, 9.17) is 4.74 Å². The second kappa shape index (κ2) is 22.9. The van der Waals surface area contributed by atoms with Crippen LogP contribution in [0.1, 0.15) is 148 Å². The number of hydrogen-bond acceptors (Lipinski definition) is 9. The average Bonchev–Trinajstić information content (AvgIpc) is 3.73. The standard InChI is InChI=1S/C59H74F2N8O7/c1-59(2,3)58(75)68-24-10-13-39(35-68)44-16-9-17-47(52(44)61)54(71)62-53(38-11-5-4-6-12-38)57(74)69-40-19-20-41(69)34-43(33-40)76-42-22-25-65(26-23-42)36-51(70)66-27-29-67(30-28-66)56(73)48-31-37(18-21-49(48)60)32-50-45-14-7-8-15-46(45)55(72)64-63-50/h7-9,14-18,21,31,38-43,53H,4-6,10-13,19-20,22-30,32-36H2,1-3H3,(H,62,71)(H,64,72)/t39-,40?,41?,43?,53-/m1/s1. The van der Waals surface area contributed by atoms with E-state index in [1.54, 1.807) is 46.2 Å². The van der Waals surface area contributed by atoms with Crippen molar-refractivity contribution in [2.24, 2.45) is 11.3 Å². The maximum Gasteiger partial charge on any atom is 0.272 e. The second-order valence-electron chi connectivity index (χ2n) is 23.4. The molecule has 6 fully saturated rings. The van der Waals surface area contributed by atoms with E-state index in [0.29, 0.717) is 73.3 Å². The molecule has 1 saturated carbocycles. The maximum atomic E-state index is 16.5. The molecular weight excluding hydrogens is 971 g/mol. The van der Waals surface area contributed by atoms with Gasteiger partial charge in [-0.25, -0.2) is 13.9 Å². The van der Waals surface area contributed by atoms with Gasteiger partial charge in [-0.3, -0.25) is 33.7 Å². The molecule has 4 aromatic rings. The van der Waals surface area contributed by atoms with Crippen molar-refractivity contribution in [1.82, 2.24) is 40.0 Å². The Morgan fingerprint density at radius 1 is 0.737 bits per heavy atom. The minimum absolute atomic E-state index is 0.00307. The molecule has 5 saturated heterocycles. The summed E-state index contributed by atoms with van der Waals surface area (Å²) in [7, 11) is 0. The molecular formula is C59H74F2N8O7. The summed E-state index contributed by atoms with van der Waals surface area (Å²) in [6.45, 7) is 9.68. The number of nitrogens with zero attached hydrogens (tertiary/aromatic N) is 6. The van der Waals surface area contributed by atoms with Crippen molar-refractivity contribution in [3.63, 3.8) is 0 Å². The molecule has 10 rings (SSSR count). The number of ether oxygens (including phenoxy) is 1. The number of carbonyl (C=O) groups excluding carboxylic acids is 5. The van der Waals surface area contributed by atoms with E-state index < -0.39 is 34.9 Å². The van der Waals surface area contributed by atoms with Crippen LogP contribution in [-0.2, 0) is 25.5 Å². The molecule has 76 heavy (non-hydrogen) atoms. The minimum atomic E-state index is -0.751. The monoisotopic (exact) mass is 1040 g/mol. The summed E-state index contributed by atoms with van der Waals surface area (Å²) in [5.41, 5.74) is 0.802. The topological polar surface area (TPSA) is 169 Å². The number of nitrogens with one attached hydrogen (secondary N) is 2. The Hall–Kier alpha value is -6.07. The van der Waals surface area contributed by atoms with Crippen LogP contribution in [0, 0.1) is 23.0 Å². The molecule has 5 amide bonds. The predicted octanol–water partition coefficient (Wildman–Crippen LogP) is 7.21. The highest BCUT2D eigenvalue weighted by molar-refractivity contribution is 5.98. The van der Waals surface area contributed by atoms with E-state index in [-0.39, 0.29) is 90.2 Å². The molecule has 6 aliphatic rings. The predicted molar refractivity (Wildman–Crippen MR) is 284 cm³/mol. The Labute approximate surface area is 444 Å². The van der Waals surface area contributed by atoms with Crippen molar-refractivity contribution >= 4 is 40.3 Å². The number of halogens is 2. The average molecular weight is 1050 g/mol. The quantitative estimate of drug-likeness (QED) is 0.149. The smallest absolute Gasteiger partial charge is 0.272 e. The van der Waals surface area contributed by atoms with E-state index in [1.807, 2.05) is 42.7 Å². The molecule has 2 unspecified atom stereocenters. The fourth-order valence-electron chi connectivity index (χ4n) is 13.2. The van der Waals surface area contributed by atoms with Crippen LogP contribution >= 0.6 is 0 Å². The fourth-order valence-corrected chi connectivity index (χ4v) is 13.2. The van der Waals surface area contributed by atoms with Gasteiger partial charge in [0.1, 0.15) is 17.7 Å². The fraction of sp³-hybridized carbons (Fsp3) is 0.576. The number of fused-ring (bicyclic) bond motifs is 3. The van der Waals surface area contributed by atoms with E-state index in [9.17, 15) is 28.8 Å². The van der Waals surface area contributed by atoms with Crippen molar-refractivity contribution in [2.75, 3.05) is 58.9 Å². The largest absolute Gasteiger partial charge is 0.375 e. The van der Waals surface area contributed by atoms with Gasteiger partial charge in [0.25, 0.3) is 17.4 Å². The van der Waals surface area contributed by atoms with Gasteiger partial charge in [0, 0.05) is 87.6 Å². The number of benzene rings is 3. The van der Waals surface area contributed by atoms with Gasteiger partial charge in [-0.15, -0.1) is 0 Å². The van der Waals surface area contributed by atoms with E-state index in [1.165, 1.54) is 12.1 Å². The van der Waals surface area contributed by atoms with Gasteiger partial charge in [0.2, 0.25) is 17.7 Å². The first kappa shape index (κ1) is 53.3. The number of aromatic nitrogens is 2. The molecule has 0 spiro atoms. The number of likely N-dealkylation sites (tertiary alicyclic amines) is 2. The van der Waals surface area contributed by atoms with Gasteiger partial charge in [0.15, 0.2) is 0 Å². The van der Waals surface area contributed by atoms with Crippen LogP contribution in [0.15, 0.2) is 65.5 Å². The van der Waals surface area contributed by atoms with Crippen molar-refractivity contribution < 1.29 is 37.5 Å².